The molecule has 0 spiro atoms. The van der Waals surface area contributed by atoms with Gasteiger partial charge in [0.15, 0.2) is 6.10 Å². The van der Waals surface area contributed by atoms with E-state index in [4.69, 9.17) is 4.74 Å². The molecular formula is C17H20N4O3. The quantitative estimate of drug-likeness (QED) is 0.591. The van der Waals surface area contributed by atoms with Gasteiger partial charge in [-0.05, 0) is 18.6 Å². The van der Waals surface area contributed by atoms with Crippen LogP contribution in [0.5, 0.6) is 0 Å². The van der Waals surface area contributed by atoms with E-state index in [-0.39, 0.29) is 5.91 Å². The minimum absolute atomic E-state index is 0.273. The third kappa shape index (κ3) is 5.05. The molecule has 1 amide bonds. The van der Waals surface area contributed by atoms with Crippen LogP contribution in [0.1, 0.15) is 18.2 Å². The first-order valence-electron chi connectivity index (χ1n) is 7.49. The van der Waals surface area contributed by atoms with E-state index in [1.54, 1.807) is 25.0 Å². The van der Waals surface area contributed by atoms with Gasteiger partial charge in [0.2, 0.25) is 0 Å². The van der Waals surface area contributed by atoms with E-state index in [0.29, 0.717) is 12.2 Å². The van der Waals surface area contributed by atoms with Crippen molar-refractivity contribution in [3.8, 4) is 0 Å². The normalized spacial score (nSPS) is 12.1. The molecule has 1 aromatic carbocycles. The molecule has 0 saturated carbocycles. The number of carbonyl (C=O) groups excluding carboxylic acids is 2. The van der Waals surface area contributed by atoms with Crippen LogP contribution in [0.25, 0.3) is 6.08 Å². The van der Waals surface area contributed by atoms with Crippen molar-refractivity contribution in [3.63, 3.8) is 0 Å². The van der Waals surface area contributed by atoms with Gasteiger partial charge in [-0.2, -0.15) is 0 Å². The molecule has 2 rings (SSSR count). The van der Waals surface area contributed by atoms with Gasteiger partial charge in [0.1, 0.15) is 5.69 Å². The maximum atomic E-state index is 11.7. The maximum absolute atomic E-state index is 11.7. The molecule has 0 fully saturated rings. The highest BCUT2D eigenvalue weighted by Gasteiger charge is 2.17. The fraction of sp³-hybridized carbons (Fsp3) is 0.294. The summed E-state index contributed by atoms with van der Waals surface area (Å²) in [4.78, 5) is 24.7. The number of benzene rings is 1. The Kier molecular flexibility index (Phi) is 5.83. The minimum Gasteiger partial charge on any atom is -0.449 e. The summed E-state index contributed by atoms with van der Waals surface area (Å²) < 4.78 is 6.70. The lowest BCUT2D eigenvalue weighted by molar-refractivity contribution is -0.153. The Morgan fingerprint density at radius 2 is 2.00 bits per heavy atom. The lowest BCUT2D eigenvalue weighted by atomic mass is 10.2. The summed E-state index contributed by atoms with van der Waals surface area (Å²) in [6.07, 6.45) is 3.64. The second-order valence-electron chi connectivity index (χ2n) is 5.47. The number of amides is 1. The van der Waals surface area contributed by atoms with Crippen LogP contribution in [0.15, 0.2) is 42.6 Å². The minimum atomic E-state index is -0.828. The highest BCUT2D eigenvalue weighted by molar-refractivity contribution is 5.89. The Hall–Kier alpha value is -2.96. The summed E-state index contributed by atoms with van der Waals surface area (Å²) in [5, 5.41) is 7.97. The molecule has 0 bridgehead atoms. The molecule has 0 aliphatic rings. The van der Waals surface area contributed by atoms with Crippen molar-refractivity contribution >= 4 is 18.0 Å². The molecule has 0 radical (unpaired) electrons. The lowest BCUT2D eigenvalue weighted by Gasteiger charge is -2.16. The third-order valence-corrected chi connectivity index (χ3v) is 3.22. The summed E-state index contributed by atoms with van der Waals surface area (Å²) in [5.74, 6) is -0.874. The number of likely N-dealkylation sites (N-methyl/N-ethyl adjacent to an activating group) is 1. The molecule has 1 aromatic heterocycles. The van der Waals surface area contributed by atoms with Gasteiger partial charge in [-0.3, -0.25) is 4.79 Å². The van der Waals surface area contributed by atoms with Crippen LogP contribution in [0.4, 0.5) is 0 Å². The number of hydrogen-bond donors (Lipinski definition) is 0. The average molecular weight is 328 g/mol. The molecule has 0 saturated heterocycles. The zero-order valence-corrected chi connectivity index (χ0v) is 13.9. The molecular weight excluding hydrogens is 308 g/mol. The van der Waals surface area contributed by atoms with E-state index in [1.807, 2.05) is 30.3 Å². The fourth-order valence-electron chi connectivity index (χ4n) is 2.02. The van der Waals surface area contributed by atoms with Crippen LogP contribution in [-0.4, -0.2) is 52.0 Å². The number of rotatable bonds is 6. The van der Waals surface area contributed by atoms with E-state index >= 15 is 0 Å². The van der Waals surface area contributed by atoms with Crippen LogP contribution in [-0.2, 0) is 20.9 Å². The Balaban J connectivity index is 1.90. The van der Waals surface area contributed by atoms with Crippen molar-refractivity contribution in [1.29, 1.82) is 0 Å². The van der Waals surface area contributed by atoms with E-state index in [1.165, 1.54) is 24.0 Å². The van der Waals surface area contributed by atoms with Crippen molar-refractivity contribution in [2.75, 3.05) is 14.1 Å². The van der Waals surface area contributed by atoms with E-state index < -0.39 is 12.1 Å². The maximum Gasteiger partial charge on any atom is 0.331 e. The Morgan fingerprint density at radius 1 is 1.29 bits per heavy atom. The Labute approximate surface area is 140 Å². The molecule has 0 unspecified atom stereocenters. The third-order valence-electron chi connectivity index (χ3n) is 3.22. The summed E-state index contributed by atoms with van der Waals surface area (Å²) >= 11 is 0. The second-order valence-corrected chi connectivity index (χ2v) is 5.47. The van der Waals surface area contributed by atoms with Gasteiger partial charge in [-0.1, -0.05) is 35.5 Å². The number of nitrogens with zero attached hydrogens (tertiary/aromatic N) is 4. The highest BCUT2D eigenvalue weighted by atomic mass is 16.5. The van der Waals surface area contributed by atoms with Crippen molar-refractivity contribution < 1.29 is 14.3 Å². The second kappa shape index (κ2) is 8.05. The molecule has 0 aliphatic heterocycles. The molecule has 1 atom stereocenters. The zero-order valence-electron chi connectivity index (χ0n) is 13.9. The van der Waals surface area contributed by atoms with Crippen molar-refractivity contribution in [2.24, 2.45) is 0 Å². The number of carbonyl (C=O) groups is 2. The molecule has 126 valence electrons. The van der Waals surface area contributed by atoms with Crippen LogP contribution in [0.3, 0.4) is 0 Å². The van der Waals surface area contributed by atoms with Gasteiger partial charge in [-0.15, -0.1) is 5.10 Å². The van der Waals surface area contributed by atoms with Gasteiger partial charge in [0.05, 0.1) is 12.7 Å². The zero-order chi connectivity index (χ0) is 17.5. The number of ether oxygens (including phenoxy) is 1. The summed E-state index contributed by atoms with van der Waals surface area (Å²) in [6.45, 7) is 2.13. The SMILES string of the molecule is C[C@H](OC(=O)/C=C/c1cn(Cc2ccccc2)nn1)C(=O)N(C)C. The van der Waals surface area contributed by atoms with Crippen molar-refractivity contribution in [2.45, 2.75) is 19.6 Å². The van der Waals surface area contributed by atoms with Gasteiger partial charge in [-0.25, -0.2) is 9.48 Å². The standard InChI is InChI=1S/C17H20N4O3/c1-13(17(23)20(2)3)24-16(22)10-9-15-12-21(19-18-15)11-14-7-5-4-6-8-14/h4-10,12-13H,11H2,1-3H3/b10-9+/t13-/m0/s1. The molecule has 24 heavy (non-hydrogen) atoms. The van der Waals surface area contributed by atoms with Crippen molar-refractivity contribution in [3.05, 3.63) is 53.9 Å². The van der Waals surface area contributed by atoms with E-state index in [2.05, 4.69) is 10.3 Å². The van der Waals surface area contributed by atoms with Crippen molar-refractivity contribution in [1.82, 2.24) is 19.9 Å². The number of hydrogen-bond acceptors (Lipinski definition) is 5. The molecule has 7 nitrogen and oxygen atoms in total. The first-order chi connectivity index (χ1) is 11.5. The predicted molar refractivity (Wildman–Crippen MR) is 88.8 cm³/mol. The van der Waals surface area contributed by atoms with E-state index in [9.17, 15) is 9.59 Å². The van der Waals surface area contributed by atoms with Gasteiger partial charge in [0.25, 0.3) is 5.91 Å². The molecule has 2 aromatic rings. The van der Waals surface area contributed by atoms with Crippen LogP contribution in [0.2, 0.25) is 0 Å². The van der Waals surface area contributed by atoms with Gasteiger partial charge in [0, 0.05) is 20.2 Å². The predicted octanol–water partition coefficient (Wildman–Crippen LogP) is 1.36. The highest BCUT2D eigenvalue weighted by Crippen LogP contribution is 2.04. The lowest BCUT2D eigenvalue weighted by Crippen LogP contribution is -2.34. The molecule has 0 N–H and O–H groups in total. The van der Waals surface area contributed by atoms with Crippen LogP contribution in [0, 0.1) is 0 Å². The smallest absolute Gasteiger partial charge is 0.331 e. The summed E-state index contributed by atoms with van der Waals surface area (Å²) in [6, 6.07) is 9.86. The van der Waals surface area contributed by atoms with Gasteiger partial charge < -0.3 is 9.64 Å². The monoisotopic (exact) mass is 328 g/mol. The average Bonchev–Trinajstić information content (AvgIpc) is 3.00. The van der Waals surface area contributed by atoms with Crippen LogP contribution >= 0.6 is 0 Å². The molecule has 0 aliphatic carbocycles. The number of esters is 1. The fourth-order valence-corrected chi connectivity index (χ4v) is 2.02. The Morgan fingerprint density at radius 3 is 2.67 bits per heavy atom. The largest absolute Gasteiger partial charge is 0.449 e. The summed E-state index contributed by atoms with van der Waals surface area (Å²) in [5.41, 5.74) is 1.64. The molecule has 1 heterocycles. The van der Waals surface area contributed by atoms with Gasteiger partial charge >= 0.3 is 5.97 Å². The Bertz CT molecular complexity index is 722. The first kappa shape index (κ1) is 17.4. The topological polar surface area (TPSA) is 77.3 Å². The first-order valence-corrected chi connectivity index (χ1v) is 7.49. The molecule has 7 heteroatoms. The van der Waals surface area contributed by atoms with Crippen LogP contribution < -0.4 is 0 Å². The van der Waals surface area contributed by atoms with E-state index in [0.717, 1.165) is 5.56 Å². The number of aromatic nitrogens is 3. The summed E-state index contributed by atoms with van der Waals surface area (Å²) in [7, 11) is 3.21.